The Morgan fingerprint density at radius 1 is 1.08 bits per heavy atom. The Kier molecular flexibility index (Phi) is 5.71. The van der Waals surface area contributed by atoms with E-state index in [1.165, 1.54) is 5.56 Å². The van der Waals surface area contributed by atoms with Crippen molar-refractivity contribution in [2.45, 2.75) is 39.3 Å². The van der Waals surface area contributed by atoms with Crippen molar-refractivity contribution in [2.24, 2.45) is 5.92 Å². The van der Waals surface area contributed by atoms with Crippen LogP contribution < -0.4 is 5.32 Å². The number of carbonyl (C=O) groups excluding carboxylic acids is 2. The zero-order valence-electron chi connectivity index (χ0n) is 15.4. The summed E-state index contributed by atoms with van der Waals surface area (Å²) in [4.78, 5) is 27.3. The molecule has 2 aromatic carbocycles. The van der Waals surface area contributed by atoms with Crippen molar-refractivity contribution in [3.8, 4) is 0 Å². The Morgan fingerprint density at radius 2 is 1.77 bits per heavy atom. The maximum Gasteiger partial charge on any atom is 0.255 e. The second-order valence-corrected chi connectivity index (χ2v) is 7.26. The van der Waals surface area contributed by atoms with Gasteiger partial charge in [0, 0.05) is 18.7 Å². The van der Waals surface area contributed by atoms with Crippen LogP contribution in [0, 0.1) is 5.92 Å². The molecule has 1 atom stereocenters. The Morgan fingerprint density at radius 3 is 2.46 bits per heavy atom. The van der Waals surface area contributed by atoms with E-state index in [-0.39, 0.29) is 11.8 Å². The molecular weight excluding hydrogens is 324 g/mol. The maximum atomic E-state index is 12.8. The molecule has 4 nitrogen and oxygen atoms in total. The van der Waals surface area contributed by atoms with Crippen molar-refractivity contribution < 1.29 is 9.59 Å². The molecule has 0 unspecified atom stereocenters. The molecule has 1 aliphatic rings. The summed E-state index contributed by atoms with van der Waals surface area (Å²) in [6.07, 6.45) is 1.45. The van der Waals surface area contributed by atoms with Gasteiger partial charge in [0.25, 0.3) is 5.91 Å². The number of fused-ring (bicyclic) bond motifs is 1. The van der Waals surface area contributed by atoms with Crippen LogP contribution in [-0.2, 0) is 17.8 Å². The zero-order chi connectivity index (χ0) is 18.5. The number of nitrogens with one attached hydrogen (secondary N) is 1. The molecule has 0 radical (unpaired) electrons. The molecule has 0 bridgehead atoms. The molecule has 0 saturated heterocycles. The predicted molar refractivity (Wildman–Crippen MR) is 103 cm³/mol. The summed E-state index contributed by atoms with van der Waals surface area (Å²) in [6.45, 7) is 5.25. The second kappa shape index (κ2) is 8.17. The van der Waals surface area contributed by atoms with Gasteiger partial charge in [0.1, 0.15) is 6.04 Å². The lowest BCUT2D eigenvalue weighted by atomic mass is 10.0. The van der Waals surface area contributed by atoms with Gasteiger partial charge in [0.05, 0.1) is 0 Å². The number of rotatable bonds is 7. The monoisotopic (exact) mass is 350 g/mol. The lowest BCUT2D eigenvalue weighted by molar-refractivity contribution is -0.126. The van der Waals surface area contributed by atoms with Crippen LogP contribution in [-0.4, -0.2) is 29.3 Å². The van der Waals surface area contributed by atoms with Gasteiger partial charge < -0.3 is 10.2 Å². The third-order valence-corrected chi connectivity index (χ3v) is 4.78. The lowest BCUT2D eigenvalue weighted by Crippen LogP contribution is -2.48. The van der Waals surface area contributed by atoms with Crippen molar-refractivity contribution in [3.63, 3.8) is 0 Å². The molecule has 0 aliphatic carbocycles. The van der Waals surface area contributed by atoms with Crippen molar-refractivity contribution in [1.82, 2.24) is 10.2 Å². The fourth-order valence-electron chi connectivity index (χ4n) is 3.44. The fraction of sp³-hybridized carbons (Fsp3) is 0.364. The van der Waals surface area contributed by atoms with Crippen LogP contribution in [0.5, 0.6) is 0 Å². The molecule has 4 heteroatoms. The largest absolute Gasteiger partial charge is 0.354 e. The molecule has 1 aliphatic heterocycles. The van der Waals surface area contributed by atoms with Gasteiger partial charge in [-0.25, -0.2) is 0 Å². The van der Waals surface area contributed by atoms with Crippen LogP contribution in [0.15, 0.2) is 54.6 Å². The standard InChI is InChI=1S/C22H26N2O2/c1-16(2)14-20(21(25)23-13-12-17-8-4-3-5-9-17)24-15-18-10-6-7-11-19(18)22(24)26/h3-11,16,20H,12-15H2,1-2H3,(H,23,25)/t20-/m1/s1. The first kappa shape index (κ1) is 18.2. The summed E-state index contributed by atoms with van der Waals surface area (Å²) in [5.41, 5.74) is 2.92. The van der Waals surface area contributed by atoms with Crippen molar-refractivity contribution >= 4 is 11.8 Å². The van der Waals surface area contributed by atoms with Gasteiger partial charge in [-0.2, -0.15) is 0 Å². The molecule has 136 valence electrons. The van der Waals surface area contributed by atoms with E-state index in [1.54, 1.807) is 4.90 Å². The number of amides is 2. The summed E-state index contributed by atoms with van der Waals surface area (Å²) in [5.74, 6) is 0.233. The van der Waals surface area contributed by atoms with Crippen LogP contribution in [0.3, 0.4) is 0 Å². The van der Waals surface area contributed by atoms with E-state index in [1.807, 2.05) is 42.5 Å². The molecule has 0 aromatic heterocycles. The molecular formula is C22H26N2O2. The van der Waals surface area contributed by atoms with Gasteiger partial charge in [-0.15, -0.1) is 0 Å². The van der Waals surface area contributed by atoms with Crippen LogP contribution in [0.25, 0.3) is 0 Å². The minimum absolute atomic E-state index is 0.0375. The third-order valence-electron chi connectivity index (χ3n) is 4.78. The average molecular weight is 350 g/mol. The molecule has 0 fully saturated rings. The molecule has 3 rings (SSSR count). The van der Waals surface area contributed by atoms with Crippen LogP contribution in [0.2, 0.25) is 0 Å². The van der Waals surface area contributed by atoms with E-state index < -0.39 is 6.04 Å². The Balaban J connectivity index is 1.66. The summed E-state index contributed by atoms with van der Waals surface area (Å²) in [6, 6.07) is 17.3. The van der Waals surface area contributed by atoms with E-state index in [2.05, 4.69) is 31.3 Å². The van der Waals surface area contributed by atoms with Crippen molar-refractivity contribution in [3.05, 3.63) is 71.3 Å². The molecule has 0 saturated carbocycles. The smallest absolute Gasteiger partial charge is 0.255 e. The van der Waals surface area contributed by atoms with E-state index in [4.69, 9.17) is 0 Å². The summed E-state index contributed by atoms with van der Waals surface area (Å²) < 4.78 is 0. The minimum Gasteiger partial charge on any atom is -0.354 e. The van der Waals surface area contributed by atoms with E-state index in [0.29, 0.717) is 25.4 Å². The molecule has 2 aromatic rings. The Hall–Kier alpha value is -2.62. The fourth-order valence-corrected chi connectivity index (χ4v) is 3.44. The Labute approximate surface area is 155 Å². The summed E-state index contributed by atoms with van der Waals surface area (Å²) in [5, 5.41) is 3.03. The SMILES string of the molecule is CC(C)C[C@H](C(=O)NCCc1ccccc1)N1Cc2ccccc2C1=O. The highest BCUT2D eigenvalue weighted by Gasteiger charge is 2.36. The quantitative estimate of drug-likeness (QED) is 0.832. The lowest BCUT2D eigenvalue weighted by Gasteiger charge is -2.28. The molecule has 26 heavy (non-hydrogen) atoms. The number of carbonyl (C=O) groups is 2. The summed E-state index contributed by atoms with van der Waals surface area (Å²) >= 11 is 0. The first-order valence-electron chi connectivity index (χ1n) is 9.26. The number of hydrogen-bond acceptors (Lipinski definition) is 2. The molecule has 2 amide bonds. The summed E-state index contributed by atoms with van der Waals surface area (Å²) in [7, 11) is 0. The topological polar surface area (TPSA) is 49.4 Å². The second-order valence-electron chi connectivity index (χ2n) is 7.26. The third kappa shape index (κ3) is 4.13. The van der Waals surface area contributed by atoms with E-state index in [9.17, 15) is 9.59 Å². The van der Waals surface area contributed by atoms with Gasteiger partial charge >= 0.3 is 0 Å². The van der Waals surface area contributed by atoms with Crippen molar-refractivity contribution in [2.75, 3.05) is 6.54 Å². The first-order chi connectivity index (χ1) is 12.6. The van der Waals surface area contributed by atoms with E-state index in [0.717, 1.165) is 17.5 Å². The van der Waals surface area contributed by atoms with Gasteiger partial charge in [-0.05, 0) is 36.0 Å². The van der Waals surface area contributed by atoms with Gasteiger partial charge in [0.2, 0.25) is 5.91 Å². The zero-order valence-corrected chi connectivity index (χ0v) is 15.4. The maximum absolute atomic E-state index is 12.8. The van der Waals surface area contributed by atoms with Crippen molar-refractivity contribution in [1.29, 1.82) is 0 Å². The Bertz CT molecular complexity index is 771. The number of nitrogens with zero attached hydrogens (tertiary/aromatic N) is 1. The number of hydrogen-bond donors (Lipinski definition) is 1. The minimum atomic E-state index is -0.425. The highest BCUT2D eigenvalue weighted by atomic mass is 16.2. The average Bonchev–Trinajstić information content (AvgIpc) is 2.97. The van der Waals surface area contributed by atoms with Crippen LogP contribution in [0.4, 0.5) is 0 Å². The molecule has 1 heterocycles. The normalized spacial score (nSPS) is 14.4. The van der Waals surface area contributed by atoms with Gasteiger partial charge in [0.15, 0.2) is 0 Å². The molecule has 0 spiro atoms. The van der Waals surface area contributed by atoms with Crippen LogP contribution in [0.1, 0.15) is 41.8 Å². The highest BCUT2D eigenvalue weighted by Crippen LogP contribution is 2.26. The molecule has 1 N–H and O–H groups in total. The van der Waals surface area contributed by atoms with E-state index >= 15 is 0 Å². The highest BCUT2D eigenvalue weighted by molar-refractivity contribution is 6.01. The van der Waals surface area contributed by atoms with Gasteiger partial charge in [-0.3, -0.25) is 9.59 Å². The van der Waals surface area contributed by atoms with Crippen LogP contribution >= 0.6 is 0 Å². The number of benzene rings is 2. The predicted octanol–water partition coefficient (Wildman–Crippen LogP) is 3.42. The van der Waals surface area contributed by atoms with Gasteiger partial charge in [-0.1, -0.05) is 62.4 Å². The first-order valence-corrected chi connectivity index (χ1v) is 9.26.